The molecule has 0 aliphatic rings. The van der Waals surface area contributed by atoms with Gasteiger partial charge in [-0.25, -0.2) is 0 Å². The fourth-order valence-electron chi connectivity index (χ4n) is 2.62. The lowest BCUT2D eigenvalue weighted by Crippen LogP contribution is -2.24. The smallest absolute Gasteiger partial charge is 0.191 e. The van der Waals surface area contributed by atoms with Gasteiger partial charge >= 0.3 is 0 Å². The molecule has 0 aromatic heterocycles. The number of hydrogen-bond acceptors (Lipinski definition) is 4. The van der Waals surface area contributed by atoms with Crippen molar-refractivity contribution in [3.05, 3.63) is 52.6 Å². The Balaban J connectivity index is 2.02. The Morgan fingerprint density at radius 3 is 2.24 bits per heavy atom. The first-order valence-corrected chi connectivity index (χ1v) is 8.25. The Morgan fingerprint density at radius 1 is 1.00 bits per heavy atom. The molecule has 0 fully saturated rings. The molecule has 0 unspecified atom stereocenters. The lowest BCUT2D eigenvalue weighted by atomic mass is 10.0. The average Bonchev–Trinajstić information content (AvgIpc) is 2.57. The molecule has 0 heterocycles. The van der Waals surface area contributed by atoms with Gasteiger partial charge in [-0.2, -0.15) is 5.10 Å². The highest BCUT2D eigenvalue weighted by atomic mass is 32.1. The summed E-state index contributed by atoms with van der Waals surface area (Å²) in [5.41, 5.74) is 8.31. The molecule has 0 aliphatic heterocycles. The van der Waals surface area contributed by atoms with Crippen LogP contribution in [0.4, 0.5) is 5.69 Å². The zero-order valence-corrected chi connectivity index (χ0v) is 16.0. The Labute approximate surface area is 154 Å². The molecule has 0 amide bonds. The van der Waals surface area contributed by atoms with Crippen molar-refractivity contribution in [3.8, 4) is 11.5 Å². The van der Waals surface area contributed by atoms with Gasteiger partial charge in [0.1, 0.15) is 0 Å². The van der Waals surface area contributed by atoms with E-state index >= 15 is 0 Å². The van der Waals surface area contributed by atoms with Crippen LogP contribution in [0, 0.1) is 20.8 Å². The maximum Gasteiger partial charge on any atom is 0.191 e. The lowest BCUT2D eigenvalue weighted by molar-refractivity contribution is 0.355. The summed E-state index contributed by atoms with van der Waals surface area (Å²) in [6.45, 7) is 6.23. The van der Waals surface area contributed by atoms with Crippen molar-refractivity contribution in [2.45, 2.75) is 20.8 Å². The van der Waals surface area contributed by atoms with Crippen LogP contribution in [0.25, 0.3) is 0 Å². The van der Waals surface area contributed by atoms with Gasteiger partial charge in [-0.3, -0.25) is 5.43 Å². The maximum atomic E-state index is 5.28. The Bertz CT molecular complexity index is 780. The van der Waals surface area contributed by atoms with Crippen LogP contribution in [-0.4, -0.2) is 25.5 Å². The molecule has 0 atom stereocenters. The number of nitrogens with one attached hydrogen (secondary N) is 2. The van der Waals surface area contributed by atoms with E-state index in [2.05, 4.69) is 48.7 Å². The molecule has 6 heteroatoms. The van der Waals surface area contributed by atoms with Gasteiger partial charge in [-0.1, -0.05) is 17.7 Å². The van der Waals surface area contributed by atoms with E-state index in [1.807, 2.05) is 18.2 Å². The molecular formula is C19H23N3O2S. The monoisotopic (exact) mass is 357 g/mol. The molecule has 0 saturated heterocycles. The highest BCUT2D eigenvalue weighted by Gasteiger charge is 2.05. The standard InChI is InChI=1S/C19H23N3O2S/c1-12-8-13(2)16(14(3)9-12)11-20-22-19(25)21-15-6-7-17(23-4)18(10-15)24-5/h6-11H,1-5H3,(H2,21,22,25). The molecule has 0 spiro atoms. The predicted molar refractivity (Wildman–Crippen MR) is 107 cm³/mol. The molecule has 2 aromatic carbocycles. The minimum absolute atomic E-state index is 0.394. The van der Waals surface area contributed by atoms with Gasteiger partial charge in [-0.15, -0.1) is 0 Å². The topological polar surface area (TPSA) is 54.9 Å². The van der Waals surface area contributed by atoms with Gasteiger partial charge < -0.3 is 14.8 Å². The zero-order chi connectivity index (χ0) is 18.4. The van der Waals surface area contributed by atoms with E-state index in [1.54, 1.807) is 20.4 Å². The molecule has 5 nitrogen and oxygen atoms in total. The minimum Gasteiger partial charge on any atom is -0.493 e. The molecule has 0 bridgehead atoms. The molecule has 25 heavy (non-hydrogen) atoms. The van der Waals surface area contributed by atoms with Gasteiger partial charge in [0.25, 0.3) is 0 Å². The Kier molecular flexibility index (Phi) is 6.36. The fraction of sp³-hybridized carbons (Fsp3) is 0.263. The summed E-state index contributed by atoms with van der Waals surface area (Å²) in [4.78, 5) is 0. The van der Waals surface area contributed by atoms with Crippen LogP contribution in [0.2, 0.25) is 0 Å². The molecule has 0 aliphatic carbocycles. The van der Waals surface area contributed by atoms with E-state index < -0.39 is 0 Å². The zero-order valence-electron chi connectivity index (χ0n) is 15.1. The summed E-state index contributed by atoms with van der Waals surface area (Å²) in [7, 11) is 3.19. The van der Waals surface area contributed by atoms with Crippen molar-refractivity contribution in [1.29, 1.82) is 0 Å². The second-order valence-electron chi connectivity index (χ2n) is 5.71. The van der Waals surface area contributed by atoms with E-state index in [0.717, 1.165) is 11.3 Å². The van der Waals surface area contributed by atoms with Gasteiger partial charge in [0.15, 0.2) is 16.6 Å². The number of rotatable bonds is 5. The fourth-order valence-corrected chi connectivity index (χ4v) is 2.79. The highest BCUT2D eigenvalue weighted by Crippen LogP contribution is 2.29. The van der Waals surface area contributed by atoms with Crippen molar-refractivity contribution in [2.75, 3.05) is 19.5 Å². The molecule has 2 aromatic rings. The van der Waals surface area contributed by atoms with Crippen LogP contribution >= 0.6 is 12.2 Å². The van der Waals surface area contributed by atoms with Crippen molar-refractivity contribution in [2.24, 2.45) is 5.10 Å². The second kappa shape index (κ2) is 8.48. The third kappa shape index (κ3) is 4.93. The summed E-state index contributed by atoms with van der Waals surface area (Å²) in [5, 5.41) is 7.69. The van der Waals surface area contributed by atoms with E-state index in [9.17, 15) is 0 Å². The molecule has 0 radical (unpaired) electrons. The SMILES string of the molecule is COc1ccc(NC(=S)NN=Cc2c(C)cc(C)cc2C)cc1OC. The third-order valence-electron chi connectivity index (χ3n) is 3.74. The first-order valence-electron chi connectivity index (χ1n) is 7.84. The molecular weight excluding hydrogens is 334 g/mol. The Hall–Kier alpha value is -2.60. The van der Waals surface area contributed by atoms with Crippen molar-refractivity contribution >= 4 is 29.2 Å². The third-order valence-corrected chi connectivity index (χ3v) is 3.93. The number of anilines is 1. The van der Waals surface area contributed by atoms with Crippen molar-refractivity contribution in [3.63, 3.8) is 0 Å². The Morgan fingerprint density at radius 2 is 1.64 bits per heavy atom. The first-order chi connectivity index (χ1) is 11.9. The molecule has 0 saturated carbocycles. The summed E-state index contributed by atoms with van der Waals surface area (Å²) in [6, 6.07) is 9.74. The van der Waals surface area contributed by atoms with Crippen molar-refractivity contribution < 1.29 is 9.47 Å². The van der Waals surface area contributed by atoms with Crippen LogP contribution < -0.4 is 20.2 Å². The molecule has 2 N–H and O–H groups in total. The van der Waals surface area contributed by atoms with Gasteiger partial charge in [0.05, 0.1) is 20.4 Å². The quantitative estimate of drug-likeness (QED) is 0.482. The number of benzene rings is 2. The number of thiocarbonyl (C=S) groups is 1. The predicted octanol–water partition coefficient (Wildman–Crippen LogP) is 3.95. The van der Waals surface area contributed by atoms with Crippen LogP contribution in [0.1, 0.15) is 22.3 Å². The van der Waals surface area contributed by atoms with E-state index in [-0.39, 0.29) is 0 Å². The van der Waals surface area contributed by atoms with Crippen LogP contribution in [0.3, 0.4) is 0 Å². The van der Waals surface area contributed by atoms with Gasteiger partial charge in [0, 0.05) is 17.3 Å². The van der Waals surface area contributed by atoms with E-state index in [0.29, 0.717) is 16.6 Å². The van der Waals surface area contributed by atoms with Crippen LogP contribution in [-0.2, 0) is 0 Å². The number of nitrogens with zero attached hydrogens (tertiary/aromatic N) is 1. The number of methoxy groups -OCH3 is 2. The average molecular weight is 357 g/mol. The van der Waals surface area contributed by atoms with Gasteiger partial charge in [-0.05, 0) is 56.2 Å². The highest BCUT2D eigenvalue weighted by molar-refractivity contribution is 7.80. The minimum atomic E-state index is 0.394. The van der Waals surface area contributed by atoms with Crippen molar-refractivity contribution in [1.82, 2.24) is 5.43 Å². The lowest BCUT2D eigenvalue weighted by Gasteiger charge is -2.11. The number of hydrazone groups is 1. The molecule has 2 rings (SSSR count). The van der Waals surface area contributed by atoms with Gasteiger partial charge in [0.2, 0.25) is 0 Å². The largest absolute Gasteiger partial charge is 0.493 e. The number of ether oxygens (including phenoxy) is 2. The number of hydrogen-bond donors (Lipinski definition) is 2. The summed E-state index contributed by atoms with van der Waals surface area (Å²) < 4.78 is 10.5. The van der Waals surface area contributed by atoms with E-state index in [4.69, 9.17) is 21.7 Å². The van der Waals surface area contributed by atoms with Crippen LogP contribution in [0.5, 0.6) is 11.5 Å². The summed E-state index contributed by atoms with van der Waals surface area (Å²) >= 11 is 5.27. The number of aryl methyl sites for hydroxylation is 3. The van der Waals surface area contributed by atoms with E-state index in [1.165, 1.54) is 16.7 Å². The normalized spacial score (nSPS) is 10.6. The van der Waals surface area contributed by atoms with Crippen LogP contribution in [0.15, 0.2) is 35.4 Å². The maximum absolute atomic E-state index is 5.28. The summed E-state index contributed by atoms with van der Waals surface area (Å²) in [6.07, 6.45) is 1.78. The summed E-state index contributed by atoms with van der Waals surface area (Å²) in [5.74, 6) is 1.29. The first kappa shape index (κ1) is 18.7. The second-order valence-corrected chi connectivity index (χ2v) is 6.11. The molecule has 132 valence electrons.